The van der Waals surface area contributed by atoms with Gasteiger partial charge in [-0.3, -0.25) is 0 Å². The summed E-state index contributed by atoms with van der Waals surface area (Å²) in [5.74, 6) is 1.33. The predicted octanol–water partition coefficient (Wildman–Crippen LogP) is 0.00530. The minimum absolute atomic E-state index is 0.254. The first-order chi connectivity index (χ1) is 7.69. The highest BCUT2D eigenvalue weighted by molar-refractivity contribution is 7.98. The number of aromatic nitrogens is 2. The van der Waals surface area contributed by atoms with Gasteiger partial charge >= 0.3 is 0 Å². The fourth-order valence-electron chi connectivity index (χ4n) is 1.02. The lowest BCUT2D eigenvalue weighted by molar-refractivity contribution is 0.105. The summed E-state index contributed by atoms with van der Waals surface area (Å²) in [6.07, 6.45) is 1.10. The Kier molecular flexibility index (Phi) is 5.30. The van der Waals surface area contributed by atoms with Gasteiger partial charge in [0.2, 0.25) is 0 Å². The zero-order valence-corrected chi connectivity index (χ0v) is 10.1. The highest BCUT2D eigenvalue weighted by Crippen LogP contribution is 2.16. The molecule has 1 aromatic heterocycles. The molecule has 1 heterocycles. The normalized spacial score (nSPS) is 12.2. The second-order valence-electron chi connectivity index (χ2n) is 3.09. The third-order valence-electron chi connectivity index (χ3n) is 1.87. The molecule has 6 nitrogen and oxygen atoms in total. The van der Waals surface area contributed by atoms with Crippen LogP contribution in [0.25, 0.3) is 0 Å². The van der Waals surface area contributed by atoms with Crippen LogP contribution in [0.3, 0.4) is 0 Å². The van der Waals surface area contributed by atoms with Crippen LogP contribution < -0.4 is 10.6 Å². The molecule has 0 aliphatic heterocycles. The largest absolute Gasteiger partial charge is 0.394 e. The molecule has 1 aromatic rings. The Bertz CT molecular complexity index is 315. The molecule has 0 saturated heterocycles. The monoisotopic (exact) mass is 244 g/mol. The number of thioether (sulfide) groups is 1. The van der Waals surface area contributed by atoms with Gasteiger partial charge in [0.05, 0.1) is 12.7 Å². The lowest BCUT2D eigenvalue weighted by Crippen LogP contribution is -2.23. The molecular formula is C9H16N4O2S. The van der Waals surface area contributed by atoms with E-state index in [9.17, 15) is 5.11 Å². The molecule has 0 bridgehead atoms. The van der Waals surface area contributed by atoms with Crippen molar-refractivity contribution >= 4 is 23.4 Å². The molecule has 90 valence electrons. The SMILES string of the molecule is CNc1cc(NCC(O)CO)nc(SC)n1. The van der Waals surface area contributed by atoms with Crippen LogP contribution in [0.2, 0.25) is 0 Å². The molecule has 1 unspecified atom stereocenters. The van der Waals surface area contributed by atoms with Crippen molar-refractivity contribution in [3.8, 4) is 0 Å². The van der Waals surface area contributed by atoms with Crippen molar-refractivity contribution < 1.29 is 10.2 Å². The van der Waals surface area contributed by atoms with Crippen LogP contribution >= 0.6 is 11.8 Å². The summed E-state index contributed by atoms with van der Waals surface area (Å²) < 4.78 is 0. The Morgan fingerprint density at radius 1 is 1.44 bits per heavy atom. The van der Waals surface area contributed by atoms with Crippen molar-refractivity contribution in [2.75, 3.05) is 37.1 Å². The highest BCUT2D eigenvalue weighted by atomic mass is 32.2. The van der Waals surface area contributed by atoms with E-state index in [0.29, 0.717) is 16.8 Å². The van der Waals surface area contributed by atoms with Crippen molar-refractivity contribution in [3.63, 3.8) is 0 Å². The molecule has 7 heteroatoms. The minimum Gasteiger partial charge on any atom is -0.394 e. The Balaban J connectivity index is 2.71. The molecular weight excluding hydrogens is 228 g/mol. The number of aliphatic hydroxyl groups is 2. The molecule has 1 atom stereocenters. The smallest absolute Gasteiger partial charge is 0.191 e. The summed E-state index contributed by atoms with van der Waals surface area (Å²) in [6, 6.07) is 1.74. The van der Waals surface area contributed by atoms with Crippen LogP contribution in [0.1, 0.15) is 0 Å². The molecule has 0 amide bonds. The summed E-state index contributed by atoms with van der Waals surface area (Å²) in [4.78, 5) is 8.42. The maximum Gasteiger partial charge on any atom is 0.191 e. The molecule has 0 aromatic carbocycles. The van der Waals surface area contributed by atoms with Crippen LogP contribution in [0.4, 0.5) is 11.6 Å². The van der Waals surface area contributed by atoms with Crippen LogP contribution in [0.15, 0.2) is 11.2 Å². The third kappa shape index (κ3) is 3.84. The van der Waals surface area contributed by atoms with Crippen molar-refractivity contribution in [2.24, 2.45) is 0 Å². The topological polar surface area (TPSA) is 90.3 Å². The van der Waals surface area contributed by atoms with Gasteiger partial charge in [0.25, 0.3) is 0 Å². The predicted molar refractivity (Wildman–Crippen MR) is 64.9 cm³/mol. The third-order valence-corrected chi connectivity index (χ3v) is 2.42. The lowest BCUT2D eigenvalue weighted by atomic mass is 10.4. The van der Waals surface area contributed by atoms with Gasteiger partial charge in [-0.2, -0.15) is 0 Å². The summed E-state index contributed by atoms with van der Waals surface area (Å²) in [6.45, 7) is -0.0170. The van der Waals surface area contributed by atoms with Gasteiger partial charge in [-0.1, -0.05) is 11.8 Å². The van der Waals surface area contributed by atoms with Crippen molar-refractivity contribution in [3.05, 3.63) is 6.07 Å². The molecule has 0 fully saturated rings. The van der Waals surface area contributed by atoms with Gasteiger partial charge in [-0.05, 0) is 6.26 Å². The van der Waals surface area contributed by atoms with E-state index in [-0.39, 0.29) is 13.2 Å². The van der Waals surface area contributed by atoms with Crippen molar-refractivity contribution in [1.29, 1.82) is 0 Å². The molecule has 0 spiro atoms. The summed E-state index contributed by atoms with van der Waals surface area (Å²) in [7, 11) is 1.78. The first-order valence-electron chi connectivity index (χ1n) is 4.83. The average Bonchev–Trinajstić information content (AvgIpc) is 2.35. The molecule has 4 N–H and O–H groups in total. The number of aliphatic hydroxyl groups excluding tert-OH is 2. The van der Waals surface area contributed by atoms with Gasteiger partial charge in [0.1, 0.15) is 11.6 Å². The highest BCUT2D eigenvalue weighted by Gasteiger charge is 2.05. The Hall–Kier alpha value is -1.05. The Morgan fingerprint density at radius 2 is 2.12 bits per heavy atom. The second-order valence-corrected chi connectivity index (χ2v) is 3.87. The fraction of sp³-hybridized carbons (Fsp3) is 0.556. The number of hydrogen-bond donors (Lipinski definition) is 4. The molecule has 0 aliphatic carbocycles. The zero-order chi connectivity index (χ0) is 12.0. The molecule has 16 heavy (non-hydrogen) atoms. The summed E-state index contributed by atoms with van der Waals surface area (Å²) in [5, 5.41) is 24.4. The van der Waals surface area contributed by atoms with Crippen LogP contribution in [-0.2, 0) is 0 Å². The van der Waals surface area contributed by atoms with Crippen LogP contribution in [0, 0.1) is 0 Å². The summed E-state index contributed by atoms with van der Waals surface area (Å²) in [5.41, 5.74) is 0. The van der Waals surface area contributed by atoms with E-state index < -0.39 is 6.10 Å². The van der Waals surface area contributed by atoms with Crippen molar-refractivity contribution in [2.45, 2.75) is 11.3 Å². The first-order valence-corrected chi connectivity index (χ1v) is 6.05. The van der Waals surface area contributed by atoms with E-state index in [2.05, 4.69) is 20.6 Å². The second kappa shape index (κ2) is 6.51. The van der Waals surface area contributed by atoms with E-state index in [1.54, 1.807) is 13.1 Å². The zero-order valence-electron chi connectivity index (χ0n) is 9.27. The Morgan fingerprint density at radius 3 is 2.69 bits per heavy atom. The quantitative estimate of drug-likeness (QED) is 0.414. The number of nitrogens with one attached hydrogen (secondary N) is 2. The Labute approximate surface area is 98.5 Å². The van der Waals surface area contributed by atoms with Gasteiger partial charge in [-0.25, -0.2) is 9.97 Å². The van der Waals surface area contributed by atoms with E-state index in [1.165, 1.54) is 11.8 Å². The fourth-order valence-corrected chi connectivity index (χ4v) is 1.40. The standard InChI is InChI=1S/C9H16N4O2S/c1-10-7-3-8(11-4-6(15)5-14)13-9(12-7)16-2/h3,6,14-15H,4-5H2,1-2H3,(H2,10,11,12,13). The summed E-state index contributed by atoms with van der Waals surface area (Å²) >= 11 is 1.44. The van der Waals surface area contributed by atoms with Gasteiger partial charge in [0, 0.05) is 19.7 Å². The van der Waals surface area contributed by atoms with Gasteiger partial charge in [0.15, 0.2) is 5.16 Å². The van der Waals surface area contributed by atoms with E-state index in [1.807, 2.05) is 6.26 Å². The number of hydrogen-bond acceptors (Lipinski definition) is 7. The van der Waals surface area contributed by atoms with Crippen LogP contribution in [-0.4, -0.2) is 52.7 Å². The average molecular weight is 244 g/mol. The minimum atomic E-state index is -0.786. The number of anilines is 2. The van der Waals surface area contributed by atoms with E-state index >= 15 is 0 Å². The van der Waals surface area contributed by atoms with E-state index in [4.69, 9.17) is 5.11 Å². The molecule has 0 saturated carbocycles. The maximum atomic E-state index is 9.20. The maximum absolute atomic E-state index is 9.20. The first kappa shape index (κ1) is 13.0. The molecule has 0 radical (unpaired) electrons. The van der Waals surface area contributed by atoms with Crippen molar-refractivity contribution in [1.82, 2.24) is 9.97 Å². The number of nitrogens with zero attached hydrogens (tertiary/aromatic N) is 2. The lowest BCUT2D eigenvalue weighted by Gasteiger charge is -2.11. The number of rotatable bonds is 6. The molecule has 0 aliphatic rings. The van der Waals surface area contributed by atoms with Gasteiger partial charge < -0.3 is 20.8 Å². The van der Waals surface area contributed by atoms with Gasteiger partial charge in [-0.15, -0.1) is 0 Å². The molecule has 1 rings (SSSR count). The van der Waals surface area contributed by atoms with Crippen LogP contribution in [0.5, 0.6) is 0 Å². The van der Waals surface area contributed by atoms with E-state index in [0.717, 1.165) is 0 Å².